The van der Waals surface area contributed by atoms with E-state index in [-0.39, 0.29) is 11.3 Å². The second-order valence-electron chi connectivity index (χ2n) is 5.95. The molecule has 1 aromatic heterocycles. The van der Waals surface area contributed by atoms with Gasteiger partial charge in [-0.2, -0.15) is 9.78 Å². The van der Waals surface area contributed by atoms with E-state index in [9.17, 15) is 9.90 Å². The van der Waals surface area contributed by atoms with Crippen LogP contribution in [0.1, 0.15) is 25.2 Å². The van der Waals surface area contributed by atoms with Crippen molar-refractivity contribution in [2.24, 2.45) is 5.10 Å². The van der Waals surface area contributed by atoms with Gasteiger partial charge in [-0.1, -0.05) is 12.1 Å². The predicted octanol–water partition coefficient (Wildman–Crippen LogP) is 3.14. The first-order valence-corrected chi connectivity index (χ1v) is 8.65. The number of benzene rings is 2. The molecule has 0 fully saturated rings. The van der Waals surface area contributed by atoms with Crippen LogP contribution in [0, 0.1) is 6.92 Å². The summed E-state index contributed by atoms with van der Waals surface area (Å²) in [7, 11) is 0. The topological polar surface area (TPSA) is 70.7 Å². The Morgan fingerprint density at radius 3 is 2.62 bits per heavy atom. The summed E-state index contributed by atoms with van der Waals surface area (Å²) in [6, 6.07) is 12.6. The van der Waals surface area contributed by atoms with E-state index in [1.54, 1.807) is 37.3 Å². The minimum absolute atomic E-state index is 0.123. The van der Waals surface area contributed by atoms with Gasteiger partial charge in [-0.3, -0.25) is 4.79 Å². The number of fused-ring (bicyclic) bond motifs is 1. The van der Waals surface area contributed by atoms with Crippen LogP contribution in [0.2, 0.25) is 0 Å². The molecule has 0 spiro atoms. The maximum Gasteiger partial charge on any atom is 0.282 e. The zero-order valence-corrected chi connectivity index (χ0v) is 15.2. The van der Waals surface area contributed by atoms with Crippen LogP contribution < -0.4 is 10.5 Å². The number of nitrogens with zero attached hydrogens (tertiary/aromatic N) is 4. The smallest absolute Gasteiger partial charge is 0.282 e. The molecule has 0 saturated heterocycles. The average molecular weight is 350 g/mol. The summed E-state index contributed by atoms with van der Waals surface area (Å²) in [5, 5.41) is 15.1. The summed E-state index contributed by atoms with van der Waals surface area (Å²) >= 11 is 0. The Balaban J connectivity index is 1.98. The molecule has 0 amide bonds. The molecule has 0 aliphatic rings. The predicted molar refractivity (Wildman–Crippen MR) is 105 cm³/mol. The molecule has 3 rings (SSSR count). The fourth-order valence-electron chi connectivity index (χ4n) is 2.92. The zero-order valence-electron chi connectivity index (χ0n) is 15.2. The number of hydrogen-bond donors (Lipinski definition) is 1. The summed E-state index contributed by atoms with van der Waals surface area (Å²) in [4.78, 5) is 19.2. The third kappa shape index (κ3) is 3.31. The van der Waals surface area contributed by atoms with Crippen molar-refractivity contribution in [3.05, 3.63) is 64.2 Å². The molecule has 2 aromatic carbocycles. The molecular weight excluding hydrogens is 328 g/mol. The van der Waals surface area contributed by atoms with Crippen molar-refractivity contribution in [2.45, 2.75) is 20.8 Å². The van der Waals surface area contributed by atoms with Crippen molar-refractivity contribution in [1.29, 1.82) is 0 Å². The lowest BCUT2D eigenvalue weighted by atomic mass is 10.2. The number of phenolic OH excluding ortho intramolecular Hbond substituents is 1. The number of aromatic hydroxyl groups is 1. The maximum atomic E-state index is 12.6. The standard InChI is InChI=1S/C20H22N4O2/c1-4-23(5-2)16-11-10-15(19(25)12-16)13-21-24-14(3)22-18-9-7-6-8-17(18)20(24)26/h6-13,25H,4-5H2,1-3H3/b21-13+. The van der Waals surface area contributed by atoms with E-state index in [2.05, 4.69) is 28.8 Å². The van der Waals surface area contributed by atoms with Crippen LogP contribution in [-0.4, -0.2) is 34.1 Å². The van der Waals surface area contributed by atoms with Gasteiger partial charge in [0, 0.05) is 30.4 Å². The minimum atomic E-state index is -0.233. The van der Waals surface area contributed by atoms with Gasteiger partial charge in [0.25, 0.3) is 5.56 Å². The molecule has 6 nitrogen and oxygen atoms in total. The Morgan fingerprint density at radius 2 is 1.92 bits per heavy atom. The molecular formula is C20H22N4O2. The molecule has 0 aliphatic heterocycles. The van der Waals surface area contributed by atoms with Gasteiger partial charge in [-0.15, -0.1) is 0 Å². The number of para-hydroxylation sites is 1. The van der Waals surface area contributed by atoms with Crippen LogP contribution in [0.4, 0.5) is 5.69 Å². The third-order valence-corrected chi connectivity index (χ3v) is 4.37. The molecule has 0 aliphatic carbocycles. The molecule has 26 heavy (non-hydrogen) atoms. The highest BCUT2D eigenvalue weighted by Gasteiger charge is 2.08. The molecule has 0 saturated carbocycles. The van der Waals surface area contributed by atoms with Gasteiger partial charge in [0.05, 0.1) is 17.1 Å². The first-order valence-electron chi connectivity index (χ1n) is 8.65. The Labute approximate surface area is 152 Å². The van der Waals surface area contributed by atoms with Crippen molar-refractivity contribution in [3.8, 4) is 5.75 Å². The van der Waals surface area contributed by atoms with Gasteiger partial charge in [-0.05, 0) is 45.0 Å². The summed E-state index contributed by atoms with van der Waals surface area (Å²) in [5.41, 5.74) is 1.90. The SMILES string of the molecule is CCN(CC)c1ccc(/C=N/n2c(C)nc3ccccc3c2=O)c(O)c1. The molecule has 6 heteroatoms. The lowest BCUT2D eigenvalue weighted by Gasteiger charge is -2.21. The number of anilines is 1. The van der Waals surface area contributed by atoms with Gasteiger partial charge in [0.15, 0.2) is 0 Å². The van der Waals surface area contributed by atoms with Crippen LogP contribution >= 0.6 is 0 Å². The molecule has 3 aromatic rings. The summed E-state index contributed by atoms with van der Waals surface area (Å²) in [5.74, 6) is 0.613. The first-order chi connectivity index (χ1) is 12.5. The van der Waals surface area contributed by atoms with Crippen molar-refractivity contribution in [1.82, 2.24) is 9.66 Å². The molecule has 0 radical (unpaired) electrons. The Morgan fingerprint density at radius 1 is 1.19 bits per heavy atom. The molecule has 0 unspecified atom stereocenters. The van der Waals surface area contributed by atoms with E-state index in [0.29, 0.717) is 22.3 Å². The Hall–Kier alpha value is -3.15. The monoisotopic (exact) mass is 350 g/mol. The fraction of sp³-hybridized carbons (Fsp3) is 0.250. The van der Waals surface area contributed by atoms with E-state index in [1.165, 1.54) is 10.9 Å². The summed E-state index contributed by atoms with van der Waals surface area (Å²) in [6.07, 6.45) is 1.48. The van der Waals surface area contributed by atoms with E-state index < -0.39 is 0 Å². The highest BCUT2D eigenvalue weighted by Crippen LogP contribution is 2.23. The Kier molecular flexibility index (Phi) is 5.02. The van der Waals surface area contributed by atoms with E-state index in [0.717, 1.165) is 18.8 Å². The van der Waals surface area contributed by atoms with E-state index in [4.69, 9.17) is 0 Å². The number of aryl methyl sites for hydroxylation is 1. The fourth-order valence-corrected chi connectivity index (χ4v) is 2.92. The normalized spacial score (nSPS) is 11.3. The van der Waals surface area contributed by atoms with Gasteiger partial charge >= 0.3 is 0 Å². The minimum Gasteiger partial charge on any atom is -0.507 e. The van der Waals surface area contributed by atoms with Crippen LogP contribution in [-0.2, 0) is 0 Å². The largest absolute Gasteiger partial charge is 0.507 e. The van der Waals surface area contributed by atoms with Crippen LogP contribution in [0.25, 0.3) is 10.9 Å². The van der Waals surface area contributed by atoms with Gasteiger partial charge in [-0.25, -0.2) is 4.98 Å². The van der Waals surface area contributed by atoms with Crippen molar-refractivity contribution in [2.75, 3.05) is 18.0 Å². The summed E-state index contributed by atoms with van der Waals surface area (Å²) in [6.45, 7) is 7.59. The molecule has 1 heterocycles. The highest BCUT2D eigenvalue weighted by molar-refractivity contribution is 5.84. The van der Waals surface area contributed by atoms with E-state index in [1.807, 2.05) is 12.1 Å². The summed E-state index contributed by atoms with van der Waals surface area (Å²) < 4.78 is 1.25. The van der Waals surface area contributed by atoms with Gasteiger partial charge in [0.2, 0.25) is 0 Å². The molecule has 0 bridgehead atoms. The van der Waals surface area contributed by atoms with Gasteiger partial charge < -0.3 is 10.0 Å². The molecule has 1 N–H and O–H groups in total. The average Bonchev–Trinajstić information content (AvgIpc) is 2.64. The highest BCUT2D eigenvalue weighted by atomic mass is 16.3. The quantitative estimate of drug-likeness (QED) is 0.718. The molecule has 0 atom stereocenters. The number of aromatic nitrogens is 2. The van der Waals surface area contributed by atoms with Crippen molar-refractivity contribution >= 4 is 22.8 Å². The number of phenols is 1. The van der Waals surface area contributed by atoms with Gasteiger partial charge in [0.1, 0.15) is 11.6 Å². The molecule has 134 valence electrons. The lowest BCUT2D eigenvalue weighted by Crippen LogP contribution is -2.21. The zero-order chi connectivity index (χ0) is 18.7. The lowest BCUT2D eigenvalue weighted by molar-refractivity contribution is 0.474. The van der Waals surface area contributed by atoms with Crippen LogP contribution in [0.15, 0.2) is 52.4 Å². The van der Waals surface area contributed by atoms with Crippen molar-refractivity contribution in [3.63, 3.8) is 0 Å². The number of hydrogen-bond acceptors (Lipinski definition) is 5. The number of rotatable bonds is 5. The third-order valence-electron chi connectivity index (χ3n) is 4.37. The maximum absolute atomic E-state index is 12.6. The second-order valence-corrected chi connectivity index (χ2v) is 5.95. The van der Waals surface area contributed by atoms with Crippen LogP contribution in [0.5, 0.6) is 5.75 Å². The first kappa shape index (κ1) is 17.7. The second kappa shape index (κ2) is 7.39. The van der Waals surface area contributed by atoms with E-state index >= 15 is 0 Å². The van der Waals surface area contributed by atoms with Crippen molar-refractivity contribution < 1.29 is 5.11 Å². The Bertz CT molecular complexity index is 1020. The van der Waals surface area contributed by atoms with Crippen LogP contribution in [0.3, 0.4) is 0 Å².